The van der Waals surface area contributed by atoms with Crippen LogP contribution in [0.2, 0.25) is 0 Å². The van der Waals surface area contributed by atoms with E-state index in [2.05, 4.69) is 75.4 Å². The third-order valence-electron chi connectivity index (χ3n) is 8.61. The number of aromatic amines is 2. The summed E-state index contributed by atoms with van der Waals surface area (Å²) in [6.45, 7) is 1.81. The first-order chi connectivity index (χ1) is 19.9. The highest BCUT2D eigenvalue weighted by Gasteiger charge is 2.40. The van der Waals surface area contributed by atoms with Crippen molar-refractivity contribution in [2.24, 2.45) is 0 Å². The summed E-state index contributed by atoms with van der Waals surface area (Å²) in [5.74, 6) is -0.193. The summed E-state index contributed by atoms with van der Waals surface area (Å²) >= 11 is 0. The van der Waals surface area contributed by atoms with Crippen molar-refractivity contribution in [3.05, 3.63) is 84.2 Å². The van der Waals surface area contributed by atoms with E-state index in [9.17, 15) is 4.79 Å². The van der Waals surface area contributed by atoms with Crippen LogP contribution >= 0.6 is 0 Å². The molecular formula is C32H39N7O2. The molecule has 0 radical (unpaired) electrons. The van der Waals surface area contributed by atoms with Crippen LogP contribution in [0.25, 0.3) is 21.8 Å². The molecule has 2 aliphatic heterocycles. The zero-order valence-electron chi connectivity index (χ0n) is 24.1. The number of fused-ring (bicyclic) bond motifs is 4. The Morgan fingerprint density at radius 1 is 1.02 bits per heavy atom. The van der Waals surface area contributed by atoms with Crippen LogP contribution in [0.4, 0.5) is 0 Å². The number of nitrogens with one attached hydrogen (secondary N) is 2. The number of piperidine rings is 1. The SMILES string of the molecule is CN(C)CCc1c[nH]c2ccc(Cn3cncn3)cc12.CN1[C@@H]2CC[C@H]1C[C@@H](OC(=O)c1c[nH]c3ccccc13)C2. The molecule has 2 saturated heterocycles. The third-order valence-corrected chi connectivity index (χ3v) is 8.61. The van der Waals surface area contributed by atoms with Crippen molar-refractivity contribution in [1.29, 1.82) is 0 Å². The molecule has 7 rings (SSSR count). The number of para-hydroxylation sites is 1. The summed E-state index contributed by atoms with van der Waals surface area (Å²) in [5.41, 5.74) is 5.44. The van der Waals surface area contributed by atoms with Gasteiger partial charge in [-0.3, -0.25) is 0 Å². The average molecular weight is 554 g/mol. The quantitative estimate of drug-likeness (QED) is 0.280. The molecule has 214 valence electrons. The Morgan fingerprint density at radius 3 is 2.54 bits per heavy atom. The third kappa shape index (κ3) is 6.06. The summed E-state index contributed by atoms with van der Waals surface area (Å²) in [5, 5.41) is 6.40. The molecule has 2 bridgehead atoms. The summed E-state index contributed by atoms with van der Waals surface area (Å²) in [6, 6.07) is 15.5. The molecule has 2 aromatic carbocycles. The molecule has 9 nitrogen and oxygen atoms in total. The van der Waals surface area contributed by atoms with Crippen LogP contribution in [0.1, 0.15) is 47.2 Å². The van der Waals surface area contributed by atoms with E-state index in [4.69, 9.17) is 4.74 Å². The van der Waals surface area contributed by atoms with Gasteiger partial charge in [-0.25, -0.2) is 14.5 Å². The minimum atomic E-state index is -0.193. The maximum Gasteiger partial charge on any atom is 0.340 e. The fourth-order valence-corrected chi connectivity index (χ4v) is 6.29. The normalized spacial score (nSPS) is 20.4. The first-order valence-electron chi connectivity index (χ1n) is 14.5. The maximum atomic E-state index is 12.4. The highest BCUT2D eigenvalue weighted by molar-refractivity contribution is 6.04. The van der Waals surface area contributed by atoms with E-state index in [0.717, 1.165) is 43.3 Å². The second kappa shape index (κ2) is 11.9. The minimum absolute atomic E-state index is 0.0693. The molecule has 2 fully saturated rings. The van der Waals surface area contributed by atoms with Crippen molar-refractivity contribution in [3.8, 4) is 0 Å². The molecule has 5 heterocycles. The largest absolute Gasteiger partial charge is 0.459 e. The van der Waals surface area contributed by atoms with Crippen molar-refractivity contribution in [1.82, 2.24) is 34.5 Å². The second-order valence-electron chi connectivity index (χ2n) is 11.6. The van der Waals surface area contributed by atoms with E-state index in [1.54, 1.807) is 18.9 Å². The lowest BCUT2D eigenvalue weighted by molar-refractivity contribution is -0.000262. The topological polar surface area (TPSA) is 95.1 Å². The first kappa shape index (κ1) is 27.2. The van der Waals surface area contributed by atoms with Gasteiger partial charge in [-0.1, -0.05) is 24.3 Å². The maximum absolute atomic E-state index is 12.4. The van der Waals surface area contributed by atoms with Crippen molar-refractivity contribution in [3.63, 3.8) is 0 Å². The van der Waals surface area contributed by atoms with Gasteiger partial charge in [0.15, 0.2) is 0 Å². The molecule has 41 heavy (non-hydrogen) atoms. The van der Waals surface area contributed by atoms with Crippen LogP contribution in [0.3, 0.4) is 0 Å². The van der Waals surface area contributed by atoms with Gasteiger partial charge in [-0.2, -0.15) is 5.10 Å². The van der Waals surface area contributed by atoms with Gasteiger partial charge in [-0.15, -0.1) is 0 Å². The second-order valence-corrected chi connectivity index (χ2v) is 11.6. The van der Waals surface area contributed by atoms with Gasteiger partial charge in [0, 0.05) is 65.7 Å². The number of rotatable bonds is 7. The summed E-state index contributed by atoms with van der Waals surface area (Å²) in [4.78, 5) is 27.6. The van der Waals surface area contributed by atoms with E-state index in [1.165, 1.54) is 34.9 Å². The number of esters is 1. The van der Waals surface area contributed by atoms with Crippen LogP contribution in [0, 0.1) is 0 Å². The smallest absolute Gasteiger partial charge is 0.340 e. The van der Waals surface area contributed by atoms with Crippen molar-refractivity contribution in [2.75, 3.05) is 27.7 Å². The highest BCUT2D eigenvalue weighted by atomic mass is 16.5. The van der Waals surface area contributed by atoms with Gasteiger partial charge >= 0.3 is 5.97 Å². The van der Waals surface area contributed by atoms with Crippen LogP contribution in [-0.2, 0) is 17.7 Å². The first-order valence-corrected chi connectivity index (χ1v) is 14.5. The fourth-order valence-electron chi connectivity index (χ4n) is 6.29. The Bertz CT molecular complexity index is 1590. The van der Waals surface area contributed by atoms with E-state index in [-0.39, 0.29) is 12.1 Å². The number of hydrogen-bond donors (Lipinski definition) is 2. The molecule has 2 N–H and O–H groups in total. The lowest BCUT2D eigenvalue weighted by Crippen LogP contribution is -2.43. The minimum Gasteiger partial charge on any atom is -0.459 e. The zero-order valence-corrected chi connectivity index (χ0v) is 24.1. The van der Waals surface area contributed by atoms with Gasteiger partial charge in [0.25, 0.3) is 0 Å². The van der Waals surface area contributed by atoms with E-state index >= 15 is 0 Å². The van der Waals surface area contributed by atoms with Crippen molar-refractivity contribution < 1.29 is 9.53 Å². The standard InChI is InChI=1S/C17H20N2O2.C15H19N5/c1-19-11-6-7-12(19)9-13(8-11)21-17(20)15-10-18-16-5-3-2-4-14(15)16;1-19(2)6-5-13-8-17-15-4-3-12(7-14(13)15)9-20-11-16-10-18-20/h2-5,10-13,18H,6-9H2,1H3;3-4,7-8,10-11,17H,5-6,9H2,1-2H3/t11-,12+,13+;. The summed E-state index contributed by atoms with van der Waals surface area (Å²) in [6.07, 6.45) is 12.7. The number of hydrogen-bond acceptors (Lipinski definition) is 6. The van der Waals surface area contributed by atoms with Gasteiger partial charge in [-0.05, 0) is 69.7 Å². The number of H-pyrrole nitrogens is 2. The molecule has 0 amide bonds. The molecule has 2 aliphatic rings. The Labute approximate surface area is 240 Å². The van der Waals surface area contributed by atoms with Crippen LogP contribution in [-0.4, -0.2) is 86.4 Å². The Kier molecular flexibility index (Phi) is 7.89. The zero-order chi connectivity index (χ0) is 28.3. The number of aromatic nitrogens is 5. The summed E-state index contributed by atoms with van der Waals surface area (Å²) in [7, 11) is 6.40. The van der Waals surface area contributed by atoms with Crippen LogP contribution < -0.4 is 0 Å². The molecule has 5 aromatic rings. The molecule has 3 aromatic heterocycles. The number of carbonyl (C=O) groups is 1. The van der Waals surface area contributed by atoms with E-state index in [1.807, 2.05) is 28.9 Å². The number of ether oxygens (including phenoxy) is 1. The monoisotopic (exact) mass is 553 g/mol. The van der Waals surface area contributed by atoms with Crippen LogP contribution in [0.15, 0.2) is 67.5 Å². The average Bonchev–Trinajstić information content (AvgIpc) is 3.75. The molecule has 0 unspecified atom stereocenters. The molecule has 0 spiro atoms. The summed E-state index contributed by atoms with van der Waals surface area (Å²) < 4.78 is 7.63. The number of likely N-dealkylation sites (N-methyl/N-ethyl adjacent to an activating group) is 1. The van der Waals surface area contributed by atoms with E-state index in [0.29, 0.717) is 17.6 Å². The Morgan fingerprint density at radius 2 is 1.78 bits per heavy atom. The predicted octanol–water partition coefficient (Wildman–Crippen LogP) is 4.86. The van der Waals surface area contributed by atoms with Crippen LogP contribution in [0.5, 0.6) is 0 Å². The number of nitrogens with zero attached hydrogens (tertiary/aromatic N) is 5. The highest BCUT2D eigenvalue weighted by Crippen LogP contribution is 2.36. The van der Waals surface area contributed by atoms with Gasteiger partial charge < -0.3 is 24.5 Å². The lowest BCUT2D eigenvalue weighted by Gasteiger charge is -2.35. The van der Waals surface area contributed by atoms with Gasteiger partial charge in [0.2, 0.25) is 0 Å². The predicted molar refractivity (Wildman–Crippen MR) is 161 cm³/mol. The Balaban J connectivity index is 0.000000148. The number of carbonyl (C=O) groups excluding carboxylic acids is 1. The fraction of sp³-hybridized carbons (Fsp3) is 0.406. The molecular weight excluding hydrogens is 514 g/mol. The van der Waals surface area contributed by atoms with E-state index < -0.39 is 0 Å². The van der Waals surface area contributed by atoms with Crippen molar-refractivity contribution in [2.45, 2.75) is 56.8 Å². The molecule has 3 atom stereocenters. The lowest BCUT2D eigenvalue weighted by atomic mass is 10.0. The molecule has 0 aliphatic carbocycles. The Hall–Kier alpha value is -3.95. The molecule has 0 saturated carbocycles. The van der Waals surface area contributed by atoms with Gasteiger partial charge in [0.05, 0.1) is 12.1 Å². The van der Waals surface area contributed by atoms with Crippen molar-refractivity contribution >= 4 is 27.8 Å². The van der Waals surface area contributed by atoms with Gasteiger partial charge in [0.1, 0.15) is 18.8 Å². The number of benzene rings is 2. The molecule has 9 heteroatoms.